The summed E-state index contributed by atoms with van der Waals surface area (Å²) in [5.74, 6) is -3.78. The zero-order chi connectivity index (χ0) is 42.2. The van der Waals surface area contributed by atoms with Crippen LogP contribution in [0.2, 0.25) is 0 Å². The van der Waals surface area contributed by atoms with Gasteiger partial charge in [-0.2, -0.15) is 0 Å². The molecule has 0 saturated heterocycles. The molecular weight excluding hydrogens is 781 g/mol. The molecule has 14 heteroatoms. The third-order valence-corrected chi connectivity index (χ3v) is 12.7. The summed E-state index contributed by atoms with van der Waals surface area (Å²) in [6.07, 6.45) is -0.492. The van der Waals surface area contributed by atoms with E-state index in [0.29, 0.717) is 16.7 Å². The van der Waals surface area contributed by atoms with Gasteiger partial charge in [0.2, 0.25) is 5.91 Å². The Balaban J connectivity index is 0.000000262. The van der Waals surface area contributed by atoms with Crippen molar-refractivity contribution in [3.8, 4) is 0 Å². The van der Waals surface area contributed by atoms with Gasteiger partial charge in [-0.05, 0) is 74.2 Å². The Bertz CT molecular complexity index is 2350. The minimum Gasteiger partial charge on any atom is -0.465 e. The summed E-state index contributed by atoms with van der Waals surface area (Å²) in [4.78, 5) is 51.6. The number of rotatable bonds is 17. The number of primary amides is 1. The summed E-state index contributed by atoms with van der Waals surface area (Å²) in [6, 6.07) is 41.1. The number of carbonyl (C=O) groups excluding carboxylic acids is 4. The van der Waals surface area contributed by atoms with Gasteiger partial charge in [0.05, 0.1) is 34.5 Å². The molecule has 2 atom stereocenters. The van der Waals surface area contributed by atoms with E-state index in [4.69, 9.17) is 15.2 Å². The van der Waals surface area contributed by atoms with Crippen molar-refractivity contribution in [3.05, 3.63) is 168 Å². The molecule has 0 radical (unpaired) electrons. The molecule has 0 aromatic heterocycles. The molecule has 0 bridgehead atoms. The summed E-state index contributed by atoms with van der Waals surface area (Å²) < 4.78 is 61.6. The van der Waals surface area contributed by atoms with Gasteiger partial charge in [0.15, 0.2) is 30.6 Å². The fraction of sp³-hybridized carbons (Fsp3) is 0.227. The van der Waals surface area contributed by atoms with Crippen LogP contribution < -0.4 is 11.1 Å². The lowest BCUT2D eigenvalue weighted by Gasteiger charge is -2.33. The van der Waals surface area contributed by atoms with E-state index in [0.717, 1.165) is 0 Å². The van der Waals surface area contributed by atoms with E-state index >= 15 is 0 Å². The van der Waals surface area contributed by atoms with Crippen molar-refractivity contribution in [2.45, 2.75) is 47.4 Å². The highest BCUT2D eigenvalue weighted by atomic mass is 32.2. The Hall–Kier alpha value is -6.12. The fourth-order valence-electron chi connectivity index (χ4n) is 6.16. The maximum atomic E-state index is 13.3. The van der Waals surface area contributed by atoms with Crippen molar-refractivity contribution in [2.75, 3.05) is 24.7 Å². The first-order valence-corrected chi connectivity index (χ1v) is 21.7. The van der Waals surface area contributed by atoms with Crippen LogP contribution in [0.3, 0.4) is 0 Å². The summed E-state index contributed by atoms with van der Waals surface area (Å²) in [5, 5.41) is 2.79. The second-order valence-corrected chi connectivity index (χ2v) is 17.2. The summed E-state index contributed by atoms with van der Waals surface area (Å²) in [6.45, 7) is 3.40. The molecular formula is C44H46N2O10S2. The highest BCUT2D eigenvalue weighted by Crippen LogP contribution is 2.32. The molecule has 5 rings (SSSR count). The first kappa shape index (κ1) is 44.6. The Morgan fingerprint density at radius 1 is 0.534 bits per heavy atom. The smallest absolute Gasteiger partial charge is 0.336 e. The molecule has 0 heterocycles. The number of nitrogens with two attached hydrogens (primary N) is 1. The van der Waals surface area contributed by atoms with Crippen LogP contribution in [-0.2, 0) is 54.5 Å². The number of sulfone groups is 2. The summed E-state index contributed by atoms with van der Waals surface area (Å²) in [7, 11) is -7.41. The second-order valence-electron chi connectivity index (χ2n) is 12.9. The summed E-state index contributed by atoms with van der Waals surface area (Å²) >= 11 is 0. The predicted octanol–water partition coefficient (Wildman–Crippen LogP) is 5.58. The Morgan fingerprint density at radius 3 is 1.34 bits per heavy atom. The third-order valence-electron chi connectivity index (χ3n) is 9.26. The van der Waals surface area contributed by atoms with Gasteiger partial charge in [-0.3, -0.25) is 14.4 Å². The Labute approximate surface area is 339 Å². The van der Waals surface area contributed by atoms with Crippen LogP contribution in [0.25, 0.3) is 0 Å². The molecule has 304 valence electrons. The molecule has 3 N–H and O–H groups in total. The molecule has 0 aliphatic rings. The van der Waals surface area contributed by atoms with Crippen LogP contribution in [0, 0.1) is 0 Å². The van der Waals surface area contributed by atoms with Crippen LogP contribution in [-0.4, -0.2) is 65.3 Å². The first-order chi connectivity index (χ1) is 27.7. The average molecular weight is 827 g/mol. The van der Waals surface area contributed by atoms with Gasteiger partial charge in [-0.15, -0.1) is 0 Å². The molecule has 58 heavy (non-hydrogen) atoms. The van der Waals surface area contributed by atoms with Crippen molar-refractivity contribution in [3.63, 3.8) is 0 Å². The number of hydrogen-bond acceptors (Lipinski definition) is 10. The van der Waals surface area contributed by atoms with Crippen molar-refractivity contribution < 1.29 is 45.5 Å². The number of benzene rings is 5. The topological polar surface area (TPSA) is 193 Å². The van der Waals surface area contributed by atoms with E-state index < -0.39 is 60.1 Å². The van der Waals surface area contributed by atoms with Gasteiger partial charge in [-0.1, -0.05) is 115 Å². The molecule has 0 aliphatic heterocycles. The number of carbonyl (C=O) groups is 4. The van der Waals surface area contributed by atoms with Crippen LogP contribution in [0.4, 0.5) is 0 Å². The van der Waals surface area contributed by atoms with Crippen LogP contribution >= 0.6 is 0 Å². The number of ether oxygens (including phenoxy) is 2. The van der Waals surface area contributed by atoms with Crippen molar-refractivity contribution in [2.24, 2.45) is 5.73 Å². The van der Waals surface area contributed by atoms with E-state index in [1.54, 1.807) is 141 Å². The van der Waals surface area contributed by atoms with E-state index in [9.17, 15) is 36.0 Å². The maximum Gasteiger partial charge on any atom is 0.336 e. The molecule has 12 nitrogen and oxygen atoms in total. The minimum atomic E-state index is -3.71. The van der Waals surface area contributed by atoms with E-state index in [1.165, 1.54) is 24.3 Å². The lowest BCUT2D eigenvalue weighted by atomic mass is 9.77. The maximum absolute atomic E-state index is 13.3. The Kier molecular flexibility index (Phi) is 15.6. The van der Waals surface area contributed by atoms with Crippen molar-refractivity contribution in [1.82, 2.24) is 5.32 Å². The van der Waals surface area contributed by atoms with Gasteiger partial charge in [0.25, 0.3) is 5.91 Å². The highest BCUT2D eigenvalue weighted by molar-refractivity contribution is 7.91. The van der Waals surface area contributed by atoms with E-state index in [1.807, 2.05) is 0 Å². The molecule has 0 saturated carbocycles. The van der Waals surface area contributed by atoms with Gasteiger partial charge >= 0.3 is 11.9 Å². The SMILES string of the molecule is CCOC(=O)C(CCS(=O)(=O)c1ccccc1)(C(N)=O)c1ccccc1.CCOC(=O)C(CCS(=O)(=O)c1ccccc1)(NC(=O)c1ccccc1)c1ccccc1. The molecule has 0 spiro atoms. The third kappa shape index (κ3) is 10.8. The zero-order valence-corrected chi connectivity index (χ0v) is 33.8. The highest BCUT2D eigenvalue weighted by Gasteiger charge is 2.48. The van der Waals surface area contributed by atoms with Gasteiger partial charge in [-0.25, -0.2) is 21.6 Å². The van der Waals surface area contributed by atoms with E-state index in [2.05, 4.69) is 5.32 Å². The first-order valence-electron chi connectivity index (χ1n) is 18.4. The monoisotopic (exact) mass is 826 g/mol. The normalized spacial score (nSPS) is 13.3. The minimum absolute atomic E-state index is 0.0478. The molecule has 5 aromatic carbocycles. The fourth-order valence-corrected chi connectivity index (χ4v) is 8.92. The molecule has 0 fully saturated rings. The summed E-state index contributed by atoms with van der Waals surface area (Å²) in [5.41, 5.74) is 3.15. The molecule has 2 unspecified atom stereocenters. The average Bonchev–Trinajstić information content (AvgIpc) is 3.24. The van der Waals surface area contributed by atoms with Crippen LogP contribution in [0.15, 0.2) is 161 Å². The second kappa shape index (κ2) is 20.3. The quantitative estimate of drug-likeness (QED) is 0.0884. The van der Waals surface area contributed by atoms with E-state index in [-0.39, 0.29) is 41.6 Å². The van der Waals surface area contributed by atoms with Gasteiger partial charge < -0.3 is 20.5 Å². The van der Waals surface area contributed by atoms with Crippen molar-refractivity contribution >= 4 is 43.4 Å². The molecule has 5 aromatic rings. The molecule has 0 aliphatic carbocycles. The van der Waals surface area contributed by atoms with Crippen molar-refractivity contribution in [1.29, 1.82) is 0 Å². The number of hydrogen-bond donors (Lipinski definition) is 2. The van der Waals surface area contributed by atoms with Gasteiger partial charge in [0, 0.05) is 5.56 Å². The zero-order valence-electron chi connectivity index (χ0n) is 32.2. The Morgan fingerprint density at radius 2 is 0.914 bits per heavy atom. The number of nitrogens with one attached hydrogen (secondary N) is 1. The van der Waals surface area contributed by atoms with Crippen LogP contribution in [0.1, 0.15) is 48.2 Å². The largest absolute Gasteiger partial charge is 0.465 e. The molecule has 2 amide bonds. The lowest BCUT2D eigenvalue weighted by Crippen LogP contribution is -2.53. The van der Waals surface area contributed by atoms with Crippen LogP contribution in [0.5, 0.6) is 0 Å². The standard InChI is InChI=1S/C25H25NO5S.C19H21NO5S/c1-2-31-24(28)25(21-14-8-4-9-15-21,26-23(27)20-12-6-3-7-13-20)18-19-32(29,30)22-16-10-5-11-17-22;1-2-25-18(22)19(17(20)21,15-9-5-3-6-10-15)13-14-26(23,24)16-11-7-4-8-12-16/h3-17H,2,18-19H2,1H3,(H,26,27);3-12H,2,13-14H2,1H3,(H2,20,21). The lowest BCUT2D eigenvalue weighted by molar-refractivity contribution is -0.154. The predicted molar refractivity (Wildman–Crippen MR) is 219 cm³/mol. The number of esters is 2. The van der Waals surface area contributed by atoms with Gasteiger partial charge in [0.1, 0.15) is 0 Å². The number of amides is 2.